The van der Waals surface area contributed by atoms with Crippen LogP contribution in [0.5, 0.6) is 0 Å². The van der Waals surface area contributed by atoms with E-state index in [1.54, 1.807) is 0 Å². The molecule has 0 saturated heterocycles. The first kappa shape index (κ1) is 69.3. The van der Waals surface area contributed by atoms with Gasteiger partial charge in [-0.05, 0) is 141 Å². The van der Waals surface area contributed by atoms with Crippen molar-refractivity contribution in [3.63, 3.8) is 0 Å². The number of allylic oxidation sites excluding steroid dienone is 24. The van der Waals surface area contributed by atoms with Crippen molar-refractivity contribution >= 4 is 17.9 Å². The minimum absolute atomic E-state index is 0.111. The number of ether oxygens (including phenoxy) is 3. The van der Waals surface area contributed by atoms with Crippen molar-refractivity contribution in [1.82, 2.24) is 0 Å². The average Bonchev–Trinajstić information content (AvgIpc) is 3.40. The topological polar surface area (TPSA) is 78.9 Å². The summed E-state index contributed by atoms with van der Waals surface area (Å²) in [4.78, 5) is 38.2. The van der Waals surface area contributed by atoms with Crippen LogP contribution in [0.2, 0.25) is 0 Å². The second kappa shape index (κ2) is 60.8. The van der Waals surface area contributed by atoms with Gasteiger partial charge in [0, 0.05) is 19.3 Å². The summed E-state index contributed by atoms with van der Waals surface area (Å²) in [5.41, 5.74) is 0. The first-order chi connectivity index (χ1) is 36.5. The maximum Gasteiger partial charge on any atom is 0.306 e. The van der Waals surface area contributed by atoms with E-state index in [0.29, 0.717) is 25.7 Å². The molecule has 0 bridgehead atoms. The Morgan fingerprint density at radius 3 is 0.851 bits per heavy atom. The Morgan fingerprint density at radius 1 is 0.284 bits per heavy atom. The maximum atomic E-state index is 12.9. The van der Waals surface area contributed by atoms with Gasteiger partial charge in [0.05, 0.1) is 0 Å². The lowest BCUT2D eigenvalue weighted by molar-refractivity contribution is -0.167. The van der Waals surface area contributed by atoms with Crippen LogP contribution in [0, 0.1) is 0 Å². The van der Waals surface area contributed by atoms with Crippen molar-refractivity contribution in [2.75, 3.05) is 13.2 Å². The number of hydrogen-bond acceptors (Lipinski definition) is 6. The van der Waals surface area contributed by atoms with Crippen LogP contribution in [-0.4, -0.2) is 37.2 Å². The standard InChI is InChI=1S/C68H108O6/c1-4-7-10-13-16-19-22-25-28-31-33-34-36-37-40-43-46-49-52-55-58-61-67(70)73-64-65(63-72-66(69)60-57-54-51-48-45-42-39-30-27-24-21-18-15-12-9-6-3)74-68(71)62-59-56-53-50-47-44-41-38-35-32-29-26-23-20-17-14-11-8-5-2/h7-8,10-11,16-17,19-21,24-26,28-30,33-35,37-40,46,49,65H,4-6,9,12-15,18,22-23,27,31-32,36,41-45,47-48,50-64H2,1-3H3/b10-7-,11-8-,19-16-,20-17-,24-21-,28-25-,29-26-,34-33-,38-35-,39-30-,40-37-,49-46-. The van der Waals surface area contributed by atoms with Crippen LogP contribution in [-0.2, 0) is 28.6 Å². The van der Waals surface area contributed by atoms with Gasteiger partial charge in [0.1, 0.15) is 13.2 Å². The minimum Gasteiger partial charge on any atom is -0.462 e. The van der Waals surface area contributed by atoms with Crippen molar-refractivity contribution in [2.45, 2.75) is 252 Å². The minimum atomic E-state index is -0.818. The molecular formula is C68H108O6. The summed E-state index contributed by atoms with van der Waals surface area (Å²) in [5.74, 6) is -0.986. The molecule has 74 heavy (non-hydrogen) atoms. The quantitative estimate of drug-likeness (QED) is 0.0261. The smallest absolute Gasteiger partial charge is 0.306 e. The molecule has 0 aromatic rings. The lowest BCUT2D eigenvalue weighted by Crippen LogP contribution is -2.30. The zero-order chi connectivity index (χ0) is 53.6. The third-order valence-corrected chi connectivity index (χ3v) is 12.1. The van der Waals surface area contributed by atoms with E-state index >= 15 is 0 Å². The number of hydrogen-bond donors (Lipinski definition) is 0. The third-order valence-electron chi connectivity index (χ3n) is 12.1. The van der Waals surface area contributed by atoms with Gasteiger partial charge >= 0.3 is 17.9 Å². The molecule has 0 N–H and O–H groups in total. The van der Waals surface area contributed by atoms with Crippen LogP contribution in [0.15, 0.2) is 146 Å². The average molecular weight is 1020 g/mol. The SMILES string of the molecule is CC/C=C\C/C=C\C/C=C\C/C=C\C/C=C\C/C=C\CCCCC(=O)OCC(COC(=O)CCCCCCC/C=C\C/C=C\CCCCCC)OC(=O)CCCCCCCC/C=C\C/C=C\C/C=C\C/C=C\CC. The molecule has 0 aromatic heterocycles. The van der Waals surface area contributed by atoms with Crippen LogP contribution in [0.1, 0.15) is 245 Å². The summed E-state index contributed by atoms with van der Waals surface area (Å²) in [6, 6.07) is 0. The van der Waals surface area contributed by atoms with E-state index in [2.05, 4.69) is 167 Å². The van der Waals surface area contributed by atoms with Gasteiger partial charge in [-0.25, -0.2) is 0 Å². The molecule has 0 aliphatic carbocycles. The normalized spacial score (nSPS) is 13.2. The van der Waals surface area contributed by atoms with Crippen molar-refractivity contribution in [1.29, 1.82) is 0 Å². The lowest BCUT2D eigenvalue weighted by Gasteiger charge is -2.18. The summed E-state index contributed by atoms with van der Waals surface area (Å²) in [6.45, 7) is 6.33. The Hall–Kier alpha value is -4.71. The molecule has 0 heterocycles. The van der Waals surface area contributed by atoms with Gasteiger partial charge in [-0.15, -0.1) is 0 Å². The molecule has 0 aromatic carbocycles. The summed E-state index contributed by atoms with van der Waals surface area (Å²) < 4.78 is 16.8. The van der Waals surface area contributed by atoms with Gasteiger partial charge in [-0.1, -0.05) is 231 Å². The zero-order valence-electron chi connectivity index (χ0n) is 47.5. The first-order valence-corrected chi connectivity index (χ1v) is 29.8. The Bertz CT molecular complexity index is 1640. The summed E-state index contributed by atoms with van der Waals surface area (Å²) >= 11 is 0. The monoisotopic (exact) mass is 1020 g/mol. The van der Waals surface area contributed by atoms with Crippen molar-refractivity contribution in [3.8, 4) is 0 Å². The Balaban J connectivity index is 4.55. The van der Waals surface area contributed by atoms with Crippen LogP contribution < -0.4 is 0 Å². The maximum absolute atomic E-state index is 12.9. The summed E-state index contributed by atoms with van der Waals surface area (Å²) in [5, 5.41) is 0. The number of esters is 3. The molecule has 0 spiro atoms. The lowest BCUT2D eigenvalue weighted by atomic mass is 10.1. The molecule has 0 saturated carbocycles. The molecular weight excluding hydrogens is 913 g/mol. The number of unbranched alkanes of at least 4 members (excludes halogenated alkanes) is 17. The number of carbonyl (C=O) groups excluding carboxylic acids is 3. The second-order valence-electron chi connectivity index (χ2n) is 19.1. The Morgan fingerprint density at radius 2 is 0.527 bits per heavy atom. The van der Waals surface area contributed by atoms with Crippen LogP contribution in [0.4, 0.5) is 0 Å². The highest BCUT2D eigenvalue weighted by atomic mass is 16.6. The Kier molecular flexibility index (Phi) is 57.0. The molecule has 6 nitrogen and oxygen atoms in total. The van der Waals surface area contributed by atoms with Crippen molar-refractivity contribution < 1.29 is 28.6 Å². The van der Waals surface area contributed by atoms with Gasteiger partial charge in [0.2, 0.25) is 0 Å². The number of carbonyl (C=O) groups is 3. The van der Waals surface area contributed by atoms with E-state index in [1.165, 1.54) is 44.9 Å². The molecule has 0 rings (SSSR count). The third kappa shape index (κ3) is 58.2. The molecule has 0 fully saturated rings. The fraction of sp³-hybridized carbons (Fsp3) is 0.603. The molecule has 0 aliphatic heterocycles. The fourth-order valence-corrected chi connectivity index (χ4v) is 7.64. The van der Waals surface area contributed by atoms with E-state index in [1.807, 2.05) is 0 Å². The molecule has 416 valence electrons. The van der Waals surface area contributed by atoms with E-state index in [0.717, 1.165) is 154 Å². The van der Waals surface area contributed by atoms with Crippen molar-refractivity contribution in [2.24, 2.45) is 0 Å². The van der Waals surface area contributed by atoms with Crippen molar-refractivity contribution in [3.05, 3.63) is 146 Å². The predicted octanol–water partition coefficient (Wildman–Crippen LogP) is 20.4. The van der Waals surface area contributed by atoms with E-state index in [4.69, 9.17) is 14.2 Å². The highest BCUT2D eigenvalue weighted by molar-refractivity contribution is 5.71. The summed E-state index contributed by atoms with van der Waals surface area (Å²) in [7, 11) is 0. The highest BCUT2D eigenvalue weighted by Crippen LogP contribution is 2.13. The van der Waals surface area contributed by atoms with E-state index in [-0.39, 0.29) is 31.1 Å². The molecule has 0 amide bonds. The molecule has 0 radical (unpaired) electrons. The zero-order valence-corrected chi connectivity index (χ0v) is 47.5. The van der Waals surface area contributed by atoms with Crippen LogP contribution in [0.25, 0.3) is 0 Å². The van der Waals surface area contributed by atoms with Gasteiger partial charge in [0.25, 0.3) is 0 Å². The molecule has 1 atom stereocenters. The van der Waals surface area contributed by atoms with Gasteiger partial charge < -0.3 is 14.2 Å². The van der Waals surface area contributed by atoms with Gasteiger partial charge in [-0.2, -0.15) is 0 Å². The molecule has 6 heteroatoms. The van der Waals surface area contributed by atoms with Gasteiger partial charge in [0.15, 0.2) is 6.10 Å². The van der Waals surface area contributed by atoms with Crippen LogP contribution >= 0.6 is 0 Å². The first-order valence-electron chi connectivity index (χ1n) is 29.8. The van der Waals surface area contributed by atoms with Crippen LogP contribution in [0.3, 0.4) is 0 Å². The summed E-state index contributed by atoms with van der Waals surface area (Å²) in [6.07, 6.45) is 86.9. The largest absolute Gasteiger partial charge is 0.462 e. The number of rotatable bonds is 52. The Labute approximate surface area is 455 Å². The fourth-order valence-electron chi connectivity index (χ4n) is 7.64. The highest BCUT2D eigenvalue weighted by Gasteiger charge is 2.19. The molecule has 0 aliphatic rings. The second-order valence-corrected chi connectivity index (χ2v) is 19.1. The molecule has 1 unspecified atom stereocenters. The van der Waals surface area contributed by atoms with Gasteiger partial charge in [-0.3, -0.25) is 14.4 Å². The predicted molar refractivity (Wildman–Crippen MR) is 320 cm³/mol. The van der Waals surface area contributed by atoms with E-state index < -0.39 is 6.10 Å². The van der Waals surface area contributed by atoms with E-state index in [9.17, 15) is 14.4 Å².